The van der Waals surface area contributed by atoms with E-state index in [1.807, 2.05) is 0 Å². The van der Waals surface area contributed by atoms with E-state index in [4.69, 9.17) is 0 Å². The Hall–Kier alpha value is -1.54. The molecule has 0 radical (unpaired) electrons. The molecular weight excluding hydrogens is 232 g/mol. The van der Waals surface area contributed by atoms with Crippen molar-refractivity contribution < 1.29 is 0 Å². The molecule has 1 aromatic heterocycles. The van der Waals surface area contributed by atoms with E-state index in [0.717, 1.165) is 13.1 Å². The van der Waals surface area contributed by atoms with Crippen molar-refractivity contribution in [3.8, 4) is 0 Å². The summed E-state index contributed by atoms with van der Waals surface area (Å²) < 4.78 is 2.35. The van der Waals surface area contributed by atoms with Crippen LogP contribution in [0.3, 0.4) is 0 Å². The Labute approximate surface area is 116 Å². The molecule has 0 saturated heterocycles. The third-order valence-corrected chi connectivity index (χ3v) is 3.42. The summed E-state index contributed by atoms with van der Waals surface area (Å²) in [5.74, 6) is 0.690. The Kier molecular flexibility index (Phi) is 4.80. The molecule has 0 fully saturated rings. The van der Waals surface area contributed by atoms with Gasteiger partial charge in [-0.3, -0.25) is 0 Å². The SMILES string of the molecule is CC(C)CNCc1cccn1[C@@H](C)c1ccccc1. The van der Waals surface area contributed by atoms with Crippen LogP contribution in [-0.4, -0.2) is 11.1 Å². The van der Waals surface area contributed by atoms with Crippen molar-refractivity contribution in [1.29, 1.82) is 0 Å². The lowest BCUT2D eigenvalue weighted by atomic mass is 10.1. The molecule has 2 aromatic rings. The zero-order valence-corrected chi connectivity index (χ0v) is 12.1. The van der Waals surface area contributed by atoms with E-state index in [1.165, 1.54) is 11.3 Å². The van der Waals surface area contributed by atoms with Crippen LogP contribution in [0.2, 0.25) is 0 Å². The number of benzene rings is 1. The van der Waals surface area contributed by atoms with E-state index < -0.39 is 0 Å². The zero-order chi connectivity index (χ0) is 13.7. The molecule has 2 heteroatoms. The average Bonchev–Trinajstić information content (AvgIpc) is 2.87. The first-order chi connectivity index (χ1) is 9.18. The van der Waals surface area contributed by atoms with Gasteiger partial charge in [-0.1, -0.05) is 44.2 Å². The summed E-state index contributed by atoms with van der Waals surface area (Å²) in [6.45, 7) is 8.71. The Morgan fingerprint density at radius 2 is 1.74 bits per heavy atom. The lowest BCUT2D eigenvalue weighted by molar-refractivity contribution is 0.525. The summed E-state index contributed by atoms with van der Waals surface area (Å²) in [4.78, 5) is 0. The van der Waals surface area contributed by atoms with E-state index in [-0.39, 0.29) is 0 Å². The molecule has 2 rings (SSSR count). The maximum atomic E-state index is 3.51. The molecule has 0 aliphatic carbocycles. The first kappa shape index (κ1) is 13.9. The standard InChI is InChI=1S/C17H24N2/c1-14(2)12-18-13-17-10-7-11-19(17)15(3)16-8-5-4-6-9-16/h4-11,14-15,18H,12-13H2,1-3H3/t15-/m0/s1. The highest BCUT2D eigenvalue weighted by Crippen LogP contribution is 2.20. The van der Waals surface area contributed by atoms with Crippen LogP contribution in [0.15, 0.2) is 48.7 Å². The summed E-state index contributed by atoms with van der Waals surface area (Å²) in [6.07, 6.45) is 2.17. The molecule has 0 saturated carbocycles. The molecule has 1 aromatic carbocycles. The number of hydrogen-bond donors (Lipinski definition) is 1. The normalized spacial score (nSPS) is 12.8. The third kappa shape index (κ3) is 3.71. The van der Waals surface area contributed by atoms with Gasteiger partial charge in [0, 0.05) is 18.4 Å². The lowest BCUT2D eigenvalue weighted by Gasteiger charge is -2.18. The van der Waals surface area contributed by atoms with Crippen LogP contribution >= 0.6 is 0 Å². The van der Waals surface area contributed by atoms with Crippen LogP contribution in [0.5, 0.6) is 0 Å². The van der Waals surface area contributed by atoms with E-state index in [2.05, 4.69) is 79.3 Å². The molecule has 19 heavy (non-hydrogen) atoms. The Morgan fingerprint density at radius 3 is 2.42 bits per heavy atom. The second-order valence-electron chi connectivity index (χ2n) is 5.52. The topological polar surface area (TPSA) is 17.0 Å². The van der Waals surface area contributed by atoms with Crippen LogP contribution in [0.25, 0.3) is 0 Å². The fourth-order valence-electron chi connectivity index (χ4n) is 2.34. The molecule has 0 spiro atoms. The van der Waals surface area contributed by atoms with Crippen molar-refractivity contribution in [1.82, 2.24) is 9.88 Å². The monoisotopic (exact) mass is 256 g/mol. The van der Waals surface area contributed by atoms with Crippen molar-refractivity contribution >= 4 is 0 Å². The maximum absolute atomic E-state index is 3.51. The minimum atomic E-state index is 0.382. The number of nitrogens with one attached hydrogen (secondary N) is 1. The number of hydrogen-bond acceptors (Lipinski definition) is 1. The molecule has 2 nitrogen and oxygen atoms in total. The summed E-state index contributed by atoms with van der Waals surface area (Å²) >= 11 is 0. The highest BCUT2D eigenvalue weighted by molar-refractivity contribution is 5.21. The molecular formula is C17H24N2. The third-order valence-electron chi connectivity index (χ3n) is 3.42. The Balaban J connectivity index is 2.06. The van der Waals surface area contributed by atoms with Gasteiger partial charge >= 0.3 is 0 Å². The molecule has 1 heterocycles. The average molecular weight is 256 g/mol. The number of nitrogens with zero attached hydrogens (tertiary/aromatic N) is 1. The highest BCUT2D eigenvalue weighted by atomic mass is 15.0. The van der Waals surface area contributed by atoms with Gasteiger partial charge in [-0.2, -0.15) is 0 Å². The summed E-state index contributed by atoms with van der Waals surface area (Å²) in [5.41, 5.74) is 2.70. The van der Waals surface area contributed by atoms with Crippen molar-refractivity contribution in [3.63, 3.8) is 0 Å². The van der Waals surface area contributed by atoms with Gasteiger partial charge in [-0.05, 0) is 37.1 Å². The maximum Gasteiger partial charge on any atom is 0.0555 e. The molecule has 0 aliphatic rings. The predicted molar refractivity (Wildman–Crippen MR) is 81.2 cm³/mol. The Morgan fingerprint density at radius 1 is 1.00 bits per heavy atom. The van der Waals surface area contributed by atoms with Crippen LogP contribution < -0.4 is 5.32 Å². The largest absolute Gasteiger partial charge is 0.343 e. The van der Waals surface area contributed by atoms with E-state index in [0.29, 0.717) is 12.0 Å². The number of rotatable bonds is 6. The van der Waals surface area contributed by atoms with Gasteiger partial charge < -0.3 is 9.88 Å². The van der Waals surface area contributed by atoms with Crippen LogP contribution in [-0.2, 0) is 6.54 Å². The van der Waals surface area contributed by atoms with Crippen molar-refractivity contribution in [2.75, 3.05) is 6.54 Å². The fraction of sp³-hybridized carbons (Fsp3) is 0.412. The lowest BCUT2D eigenvalue weighted by Crippen LogP contribution is -2.21. The molecule has 0 unspecified atom stereocenters. The first-order valence-corrected chi connectivity index (χ1v) is 7.10. The predicted octanol–water partition coefficient (Wildman–Crippen LogP) is 3.84. The Bertz CT molecular complexity index is 485. The highest BCUT2D eigenvalue weighted by Gasteiger charge is 2.10. The van der Waals surface area contributed by atoms with Crippen molar-refractivity contribution in [2.45, 2.75) is 33.4 Å². The zero-order valence-electron chi connectivity index (χ0n) is 12.1. The van der Waals surface area contributed by atoms with Crippen molar-refractivity contribution in [2.24, 2.45) is 5.92 Å². The number of aromatic nitrogens is 1. The van der Waals surface area contributed by atoms with Crippen LogP contribution in [0, 0.1) is 5.92 Å². The molecule has 1 atom stereocenters. The van der Waals surface area contributed by atoms with Crippen LogP contribution in [0.4, 0.5) is 0 Å². The van der Waals surface area contributed by atoms with E-state index in [1.54, 1.807) is 0 Å². The molecule has 1 N–H and O–H groups in total. The summed E-state index contributed by atoms with van der Waals surface area (Å²) in [7, 11) is 0. The van der Waals surface area contributed by atoms with E-state index >= 15 is 0 Å². The fourth-order valence-corrected chi connectivity index (χ4v) is 2.34. The minimum absolute atomic E-state index is 0.382. The van der Waals surface area contributed by atoms with Gasteiger partial charge in [-0.25, -0.2) is 0 Å². The van der Waals surface area contributed by atoms with Gasteiger partial charge in [-0.15, -0.1) is 0 Å². The molecule has 0 amide bonds. The quantitative estimate of drug-likeness (QED) is 0.831. The summed E-state index contributed by atoms with van der Waals surface area (Å²) in [6, 6.07) is 15.4. The van der Waals surface area contributed by atoms with Gasteiger partial charge in [0.25, 0.3) is 0 Å². The second-order valence-corrected chi connectivity index (χ2v) is 5.52. The summed E-state index contributed by atoms with van der Waals surface area (Å²) in [5, 5.41) is 3.51. The second kappa shape index (κ2) is 6.58. The first-order valence-electron chi connectivity index (χ1n) is 7.10. The molecule has 0 aliphatic heterocycles. The molecule has 102 valence electrons. The minimum Gasteiger partial charge on any atom is -0.343 e. The molecule has 0 bridgehead atoms. The van der Waals surface area contributed by atoms with Gasteiger partial charge in [0.15, 0.2) is 0 Å². The van der Waals surface area contributed by atoms with Gasteiger partial charge in [0.1, 0.15) is 0 Å². The van der Waals surface area contributed by atoms with Gasteiger partial charge in [0.2, 0.25) is 0 Å². The van der Waals surface area contributed by atoms with E-state index in [9.17, 15) is 0 Å². The van der Waals surface area contributed by atoms with Crippen molar-refractivity contribution in [3.05, 3.63) is 59.9 Å². The van der Waals surface area contributed by atoms with Crippen LogP contribution in [0.1, 0.15) is 38.1 Å². The van der Waals surface area contributed by atoms with Gasteiger partial charge in [0.05, 0.1) is 6.04 Å². The smallest absolute Gasteiger partial charge is 0.0555 e.